The number of hydrogen-bond acceptors (Lipinski definition) is 4. The van der Waals surface area contributed by atoms with Crippen LogP contribution in [0.3, 0.4) is 0 Å². The van der Waals surface area contributed by atoms with Crippen LogP contribution in [-0.4, -0.2) is 10.9 Å². The highest BCUT2D eigenvalue weighted by Crippen LogP contribution is 2.21. The van der Waals surface area contributed by atoms with E-state index < -0.39 is 0 Å². The Kier molecular flexibility index (Phi) is 4.43. The van der Waals surface area contributed by atoms with Crippen molar-refractivity contribution >= 4 is 33.7 Å². The number of amides is 1. The fourth-order valence-corrected chi connectivity index (χ4v) is 3.55. The van der Waals surface area contributed by atoms with Crippen molar-refractivity contribution in [2.45, 2.75) is 12.8 Å². The summed E-state index contributed by atoms with van der Waals surface area (Å²) in [7, 11) is 0. The summed E-state index contributed by atoms with van der Waals surface area (Å²) in [5.74, 6) is -0.0157. The molecule has 0 radical (unpaired) electrons. The van der Waals surface area contributed by atoms with Crippen molar-refractivity contribution in [1.82, 2.24) is 4.98 Å². The number of anilines is 1. The minimum absolute atomic E-state index is 0.0157. The molecule has 21 heavy (non-hydrogen) atoms. The van der Waals surface area contributed by atoms with Crippen LogP contribution in [0.15, 0.2) is 54.0 Å². The molecule has 0 spiro atoms. The fourth-order valence-electron chi connectivity index (χ4n) is 1.98. The van der Waals surface area contributed by atoms with Gasteiger partial charge in [0, 0.05) is 22.4 Å². The molecule has 3 nitrogen and oxygen atoms in total. The van der Waals surface area contributed by atoms with Crippen molar-refractivity contribution in [3.8, 4) is 0 Å². The van der Waals surface area contributed by atoms with Crippen LogP contribution in [0.25, 0.3) is 0 Å². The van der Waals surface area contributed by atoms with E-state index in [-0.39, 0.29) is 5.91 Å². The average Bonchev–Trinajstić information content (AvgIpc) is 3.12. The van der Waals surface area contributed by atoms with Gasteiger partial charge < -0.3 is 5.32 Å². The molecule has 2 aromatic heterocycles. The van der Waals surface area contributed by atoms with Gasteiger partial charge in [0.2, 0.25) is 5.91 Å². The Morgan fingerprint density at radius 1 is 1.10 bits per heavy atom. The van der Waals surface area contributed by atoms with Crippen molar-refractivity contribution in [1.29, 1.82) is 0 Å². The largest absolute Gasteiger partial charge is 0.302 e. The van der Waals surface area contributed by atoms with Crippen LogP contribution in [0.4, 0.5) is 5.13 Å². The normalized spacial score (nSPS) is 10.5. The van der Waals surface area contributed by atoms with Crippen LogP contribution in [0.2, 0.25) is 0 Å². The van der Waals surface area contributed by atoms with Crippen LogP contribution in [-0.2, 0) is 17.6 Å². The maximum Gasteiger partial charge on any atom is 0.231 e. The van der Waals surface area contributed by atoms with Gasteiger partial charge in [0.15, 0.2) is 5.13 Å². The number of carbonyl (C=O) groups is 1. The maximum atomic E-state index is 11.9. The lowest BCUT2D eigenvalue weighted by Gasteiger charge is -1.99. The van der Waals surface area contributed by atoms with Gasteiger partial charge in [-0.25, -0.2) is 4.98 Å². The number of aromatic nitrogens is 1. The molecule has 0 saturated heterocycles. The molecule has 2 heterocycles. The van der Waals surface area contributed by atoms with E-state index in [0.29, 0.717) is 11.6 Å². The van der Waals surface area contributed by atoms with Crippen molar-refractivity contribution < 1.29 is 4.79 Å². The van der Waals surface area contributed by atoms with Gasteiger partial charge in [-0.05, 0) is 17.0 Å². The Bertz CT molecular complexity index is 705. The van der Waals surface area contributed by atoms with Crippen LogP contribution < -0.4 is 5.32 Å². The topological polar surface area (TPSA) is 42.0 Å². The Morgan fingerprint density at radius 2 is 1.95 bits per heavy atom. The molecule has 0 saturated carbocycles. The number of nitrogens with one attached hydrogen (secondary N) is 1. The SMILES string of the molecule is O=C(Cc1cccs1)Nc1ncc(Cc2ccccc2)s1. The van der Waals surface area contributed by atoms with Gasteiger partial charge in [0.05, 0.1) is 6.42 Å². The third kappa shape index (κ3) is 4.00. The van der Waals surface area contributed by atoms with E-state index >= 15 is 0 Å². The highest BCUT2D eigenvalue weighted by molar-refractivity contribution is 7.15. The average molecular weight is 314 g/mol. The molecule has 1 N–H and O–H groups in total. The zero-order chi connectivity index (χ0) is 14.5. The summed E-state index contributed by atoms with van der Waals surface area (Å²) in [4.78, 5) is 18.4. The number of benzene rings is 1. The number of thiophene rings is 1. The quantitative estimate of drug-likeness (QED) is 0.774. The van der Waals surface area contributed by atoms with Gasteiger partial charge in [-0.3, -0.25) is 4.79 Å². The molecular weight excluding hydrogens is 300 g/mol. The monoisotopic (exact) mass is 314 g/mol. The van der Waals surface area contributed by atoms with E-state index in [1.807, 2.05) is 41.9 Å². The zero-order valence-corrected chi connectivity index (χ0v) is 12.9. The molecule has 0 aliphatic carbocycles. The Morgan fingerprint density at radius 3 is 2.71 bits per heavy atom. The number of carbonyl (C=O) groups excluding carboxylic acids is 1. The molecule has 0 aliphatic heterocycles. The van der Waals surface area contributed by atoms with Crippen LogP contribution in [0.5, 0.6) is 0 Å². The second-order valence-corrected chi connectivity index (χ2v) is 6.75. The van der Waals surface area contributed by atoms with Crippen LogP contribution in [0.1, 0.15) is 15.3 Å². The van der Waals surface area contributed by atoms with Gasteiger partial charge in [-0.2, -0.15) is 0 Å². The van der Waals surface area contributed by atoms with Gasteiger partial charge in [0.1, 0.15) is 0 Å². The summed E-state index contributed by atoms with van der Waals surface area (Å²) in [6, 6.07) is 14.2. The smallest absolute Gasteiger partial charge is 0.231 e. The molecule has 106 valence electrons. The molecule has 5 heteroatoms. The number of thiazole rings is 1. The fraction of sp³-hybridized carbons (Fsp3) is 0.125. The number of rotatable bonds is 5. The van der Waals surface area contributed by atoms with Crippen LogP contribution >= 0.6 is 22.7 Å². The molecule has 0 unspecified atom stereocenters. The summed E-state index contributed by atoms with van der Waals surface area (Å²) in [6.07, 6.45) is 3.09. The number of nitrogens with zero attached hydrogens (tertiary/aromatic N) is 1. The van der Waals surface area contributed by atoms with E-state index in [4.69, 9.17) is 0 Å². The van der Waals surface area contributed by atoms with Gasteiger partial charge in [-0.1, -0.05) is 36.4 Å². The van der Waals surface area contributed by atoms with Crippen LogP contribution in [0, 0.1) is 0 Å². The summed E-state index contributed by atoms with van der Waals surface area (Å²) in [5, 5.41) is 5.51. The molecule has 1 aromatic carbocycles. The van der Waals surface area contributed by atoms with Gasteiger partial charge >= 0.3 is 0 Å². The lowest BCUT2D eigenvalue weighted by Crippen LogP contribution is -2.13. The maximum absolute atomic E-state index is 11.9. The Hall–Kier alpha value is -1.98. The molecular formula is C16H14N2OS2. The first kappa shape index (κ1) is 14.0. The second-order valence-electron chi connectivity index (χ2n) is 4.60. The van der Waals surface area contributed by atoms with E-state index in [9.17, 15) is 4.79 Å². The van der Waals surface area contributed by atoms with Crippen molar-refractivity contribution in [2.24, 2.45) is 0 Å². The predicted molar refractivity (Wildman–Crippen MR) is 88.0 cm³/mol. The molecule has 0 fully saturated rings. The minimum atomic E-state index is -0.0157. The summed E-state index contributed by atoms with van der Waals surface area (Å²) in [6.45, 7) is 0. The highest BCUT2D eigenvalue weighted by atomic mass is 32.1. The van der Waals surface area contributed by atoms with E-state index in [1.54, 1.807) is 11.3 Å². The summed E-state index contributed by atoms with van der Waals surface area (Å²) >= 11 is 3.12. The molecule has 0 bridgehead atoms. The predicted octanol–water partition coefficient (Wildman–Crippen LogP) is 3.98. The second kappa shape index (κ2) is 6.65. The first-order valence-electron chi connectivity index (χ1n) is 6.60. The van der Waals surface area contributed by atoms with Gasteiger partial charge in [-0.15, -0.1) is 22.7 Å². The molecule has 0 aliphatic rings. The lowest BCUT2D eigenvalue weighted by molar-refractivity contribution is -0.115. The summed E-state index contributed by atoms with van der Waals surface area (Å²) < 4.78 is 0. The summed E-state index contributed by atoms with van der Waals surface area (Å²) in [5.41, 5.74) is 1.25. The third-order valence-electron chi connectivity index (χ3n) is 2.94. The Balaban J connectivity index is 1.59. The van der Waals surface area contributed by atoms with Crippen molar-refractivity contribution in [3.05, 3.63) is 69.4 Å². The molecule has 0 atom stereocenters. The minimum Gasteiger partial charge on any atom is -0.302 e. The molecule has 3 aromatic rings. The number of hydrogen-bond donors (Lipinski definition) is 1. The third-order valence-corrected chi connectivity index (χ3v) is 4.73. The highest BCUT2D eigenvalue weighted by Gasteiger charge is 2.08. The standard InChI is InChI=1S/C16H14N2OS2/c19-15(10-13-7-4-8-20-13)18-16-17-11-14(21-16)9-12-5-2-1-3-6-12/h1-8,11H,9-10H2,(H,17,18,19). The first-order chi connectivity index (χ1) is 10.3. The van der Waals surface area contributed by atoms with E-state index in [1.165, 1.54) is 16.9 Å². The van der Waals surface area contributed by atoms with Gasteiger partial charge in [0.25, 0.3) is 0 Å². The zero-order valence-electron chi connectivity index (χ0n) is 11.3. The van der Waals surface area contributed by atoms with E-state index in [2.05, 4.69) is 22.4 Å². The van der Waals surface area contributed by atoms with Crippen molar-refractivity contribution in [3.63, 3.8) is 0 Å². The molecule has 1 amide bonds. The first-order valence-corrected chi connectivity index (χ1v) is 8.30. The Labute approximate surface area is 131 Å². The lowest BCUT2D eigenvalue weighted by atomic mass is 10.1. The van der Waals surface area contributed by atoms with Crippen molar-refractivity contribution in [2.75, 3.05) is 5.32 Å². The molecule has 3 rings (SSSR count). The van der Waals surface area contributed by atoms with E-state index in [0.717, 1.165) is 16.2 Å².